The third-order valence-corrected chi connectivity index (χ3v) is 2.49. The van der Waals surface area contributed by atoms with E-state index in [9.17, 15) is 8.42 Å². The summed E-state index contributed by atoms with van der Waals surface area (Å²) < 4.78 is 21.8. The van der Waals surface area contributed by atoms with Gasteiger partial charge in [0.1, 0.15) is 0 Å². The van der Waals surface area contributed by atoms with Gasteiger partial charge in [0.2, 0.25) is 0 Å². The van der Waals surface area contributed by atoms with Crippen LogP contribution in [-0.2, 0) is 9.84 Å². The van der Waals surface area contributed by atoms with Gasteiger partial charge in [-0.3, -0.25) is 0 Å². The highest BCUT2D eigenvalue weighted by molar-refractivity contribution is 7.90. The van der Waals surface area contributed by atoms with Crippen molar-refractivity contribution in [2.45, 2.75) is 4.90 Å². The molecule has 0 saturated carbocycles. The first-order chi connectivity index (χ1) is 5.00. The maximum atomic E-state index is 10.9. The number of halogens is 1. The Labute approximate surface area is 70.7 Å². The number of benzene rings is 1. The first kappa shape index (κ1) is 8.56. The standard InChI is InChI=1S/C7H6ClO2S/c1-11(9,10)7-4-2-3-6(8)5-7/h2,4-5H,1H3. The molecule has 0 unspecified atom stereocenters. The fourth-order valence-corrected chi connectivity index (χ4v) is 1.54. The third-order valence-electron chi connectivity index (χ3n) is 1.17. The topological polar surface area (TPSA) is 34.1 Å². The van der Waals surface area contributed by atoms with E-state index in [0.29, 0.717) is 5.02 Å². The van der Waals surface area contributed by atoms with E-state index in [4.69, 9.17) is 11.6 Å². The van der Waals surface area contributed by atoms with Crippen LogP contribution in [0, 0.1) is 6.07 Å². The van der Waals surface area contributed by atoms with Crippen LogP contribution in [-0.4, -0.2) is 14.7 Å². The Balaban J connectivity index is 3.28. The molecule has 0 aliphatic carbocycles. The Morgan fingerprint density at radius 2 is 2.18 bits per heavy atom. The Kier molecular flexibility index (Phi) is 2.20. The minimum atomic E-state index is -3.13. The highest BCUT2D eigenvalue weighted by atomic mass is 35.5. The van der Waals surface area contributed by atoms with Gasteiger partial charge in [0.25, 0.3) is 0 Å². The van der Waals surface area contributed by atoms with Crippen molar-refractivity contribution in [1.29, 1.82) is 0 Å². The molecule has 1 aromatic carbocycles. The number of hydrogen-bond donors (Lipinski definition) is 0. The minimum absolute atomic E-state index is 0.223. The Morgan fingerprint density at radius 1 is 1.55 bits per heavy atom. The molecule has 4 heteroatoms. The van der Waals surface area contributed by atoms with E-state index in [0.717, 1.165) is 6.26 Å². The lowest BCUT2D eigenvalue weighted by Crippen LogP contribution is -1.95. The van der Waals surface area contributed by atoms with Crippen LogP contribution in [0.3, 0.4) is 0 Å². The maximum Gasteiger partial charge on any atom is 0.175 e. The second-order valence-electron chi connectivity index (χ2n) is 2.14. The van der Waals surface area contributed by atoms with Crippen molar-refractivity contribution in [1.82, 2.24) is 0 Å². The molecule has 0 spiro atoms. The molecule has 0 amide bonds. The molecule has 0 fully saturated rings. The van der Waals surface area contributed by atoms with Crippen molar-refractivity contribution < 1.29 is 8.42 Å². The fraction of sp³-hybridized carbons (Fsp3) is 0.143. The summed E-state index contributed by atoms with van der Waals surface area (Å²) in [6, 6.07) is 6.96. The van der Waals surface area contributed by atoms with Crippen molar-refractivity contribution in [3.8, 4) is 0 Å². The van der Waals surface area contributed by atoms with Gasteiger partial charge in [-0.2, -0.15) is 0 Å². The molecule has 2 nitrogen and oxygen atoms in total. The lowest BCUT2D eigenvalue weighted by molar-refractivity contribution is 0.602. The van der Waals surface area contributed by atoms with Crippen molar-refractivity contribution in [3.05, 3.63) is 29.3 Å². The van der Waals surface area contributed by atoms with E-state index >= 15 is 0 Å². The largest absolute Gasteiger partial charge is 0.224 e. The summed E-state index contributed by atoms with van der Waals surface area (Å²) in [7, 11) is -3.13. The predicted octanol–water partition coefficient (Wildman–Crippen LogP) is 1.54. The van der Waals surface area contributed by atoms with Crippen molar-refractivity contribution in [2.75, 3.05) is 6.26 Å². The fourth-order valence-electron chi connectivity index (χ4n) is 0.649. The number of rotatable bonds is 1. The van der Waals surface area contributed by atoms with Crippen LogP contribution in [0.1, 0.15) is 0 Å². The highest BCUT2D eigenvalue weighted by Crippen LogP contribution is 2.13. The molecule has 0 aliphatic rings. The third kappa shape index (κ3) is 2.20. The first-order valence-electron chi connectivity index (χ1n) is 2.87. The Morgan fingerprint density at radius 3 is 2.55 bits per heavy atom. The minimum Gasteiger partial charge on any atom is -0.224 e. The van der Waals surface area contributed by atoms with Gasteiger partial charge in [-0.1, -0.05) is 17.7 Å². The summed E-state index contributed by atoms with van der Waals surface area (Å²) in [5.74, 6) is 0. The summed E-state index contributed by atoms with van der Waals surface area (Å²) in [6.07, 6.45) is 1.14. The van der Waals surface area contributed by atoms with E-state index in [2.05, 4.69) is 6.07 Å². The van der Waals surface area contributed by atoms with Gasteiger partial charge in [-0.25, -0.2) is 8.42 Å². The number of sulfone groups is 1. The Bertz CT molecular complexity index is 356. The molecular formula is C7H6ClO2S. The molecule has 0 aliphatic heterocycles. The molecule has 59 valence electrons. The molecule has 0 bridgehead atoms. The maximum absolute atomic E-state index is 10.9. The SMILES string of the molecule is CS(=O)(=O)c1cc[c]c(Cl)c1. The quantitative estimate of drug-likeness (QED) is 0.672. The summed E-state index contributed by atoms with van der Waals surface area (Å²) >= 11 is 5.53. The molecule has 1 aromatic rings. The summed E-state index contributed by atoms with van der Waals surface area (Å²) in [5.41, 5.74) is 0. The molecule has 1 rings (SSSR count). The van der Waals surface area contributed by atoms with Crippen LogP contribution >= 0.6 is 11.6 Å². The van der Waals surface area contributed by atoms with Crippen molar-refractivity contribution >= 4 is 21.4 Å². The van der Waals surface area contributed by atoms with Gasteiger partial charge in [-0.15, -0.1) is 0 Å². The van der Waals surface area contributed by atoms with Crippen LogP contribution in [0.25, 0.3) is 0 Å². The summed E-state index contributed by atoms with van der Waals surface area (Å²) in [6.45, 7) is 0. The van der Waals surface area contributed by atoms with Crippen LogP contribution in [0.4, 0.5) is 0 Å². The summed E-state index contributed by atoms with van der Waals surface area (Å²) in [5, 5.41) is 0.313. The molecule has 0 saturated heterocycles. The van der Waals surface area contributed by atoms with Gasteiger partial charge in [0.15, 0.2) is 9.84 Å². The van der Waals surface area contributed by atoms with Gasteiger partial charge < -0.3 is 0 Å². The van der Waals surface area contributed by atoms with E-state index in [-0.39, 0.29) is 4.90 Å². The zero-order valence-electron chi connectivity index (χ0n) is 5.83. The van der Waals surface area contributed by atoms with E-state index in [1.54, 1.807) is 0 Å². The van der Waals surface area contributed by atoms with Crippen LogP contribution in [0.5, 0.6) is 0 Å². The predicted molar refractivity (Wildman–Crippen MR) is 43.4 cm³/mol. The van der Waals surface area contributed by atoms with Gasteiger partial charge in [-0.05, 0) is 12.1 Å². The number of hydrogen-bond acceptors (Lipinski definition) is 2. The van der Waals surface area contributed by atoms with Gasteiger partial charge in [0.05, 0.1) is 4.90 Å². The smallest absolute Gasteiger partial charge is 0.175 e. The van der Waals surface area contributed by atoms with E-state index in [1.165, 1.54) is 18.2 Å². The average molecular weight is 190 g/mol. The first-order valence-corrected chi connectivity index (χ1v) is 5.14. The lowest BCUT2D eigenvalue weighted by atomic mass is 10.4. The zero-order valence-corrected chi connectivity index (χ0v) is 7.41. The van der Waals surface area contributed by atoms with Crippen LogP contribution in [0.15, 0.2) is 23.1 Å². The molecule has 0 atom stereocenters. The molecule has 0 heterocycles. The zero-order chi connectivity index (χ0) is 8.48. The van der Waals surface area contributed by atoms with Gasteiger partial charge >= 0.3 is 0 Å². The van der Waals surface area contributed by atoms with Crippen molar-refractivity contribution in [3.63, 3.8) is 0 Å². The average Bonchev–Trinajstić information content (AvgIpc) is 1.86. The normalized spacial score (nSPS) is 11.5. The summed E-state index contributed by atoms with van der Waals surface area (Å²) in [4.78, 5) is 0.223. The lowest BCUT2D eigenvalue weighted by Gasteiger charge is -1.96. The van der Waals surface area contributed by atoms with Crippen LogP contribution < -0.4 is 0 Å². The Hall–Kier alpha value is -0.540. The molecule has 0 N–H and O–H groups in total. The molecule has 0 aromatic heterocycles. The van der Waals surface area contributed by atoms with Crippen LogP contribution in [0.2, 0.25) is 5.02 Å². The molecular weight excluding hydrogens is 184 g/mol. The molecule has 11 heavy (non-hydrogen) atoms. The van der Waals surface area contributed by atoms with Gasteiger partial charge in [0, 0.05) is 17.3 Å². The van der Waals surface area contributed by atoms with E-state index in [1.807, 2.05) is 0 Å². The monoisotopic (exact) mass is 189 g/mol. The van der Waals surface area contributed by atoms with E-state index < -0.39 is 9.84 Å². The molecule has 1 radical (unpaired) electrons. The second-order valence-corrected chi connectivity index (χ2v) is 4.57. The second kappa shape index (κ2) is 2.83. The highest BCUT2D eigenvalue weighted by Gasteiger charge is 2.05. The van der Waals surface area contributed by atoms with Crippen molar-refractivity contribution in [2.24, 2.45) is 0 Å².